The molecule has 6 heteroatoms. The lowest BCUT2D eigenvalue weighted by atomic mass is 10.1. The van der Waals surface area contributed by atoms with Gasteiger partial charge in [0.25, 0.3) is 11.8 Å². The van der Waals surface area contributed by atoms with E-state index in [0.717, 1.165) is 0 Å². The predicted octanol–water partition coefficient (Wildman–Crippen LogP) is 3.98. The van der Waals surface area contributed by atoms with Crippen LogP contribution in [-0.2, 0) is 0 Å². The largest absolute Gasteiger partial charge is 0.350 e. The van der Waals surface area contributed by atoms with Crippen LogP contribution in [0.15, 0.2) is 46.9 Å². The molecule has 0 aliphatic rings. The van der Waals surface area contributed by atoms with Gasteiger partial charge in [-0.3, -0.25) is 9.59 Å². The minimum atomic E-state index is -0.440. The second-order valence-corrected chi connectivity index (χ2v) is 6.11. The first-order chi connectivity index (χ1) is 10.9. The number of para-hydroxylation sites is 1. The first-order valence-corrected chi connectivity index (χ1v) is 7.84. The molecule has 0 saturated heterocycles. The molecule has 0 aliphatic heterocycles. The van der Waals surface area contributed by atoms with Crippen molar-refractivity contribution in [2.45, 2.75) is 19.9 Å². The number of nitrogens with one attached hydrogen (secondary N) is 2. The molecule has 0 aliphatic carbocycles. The summed E-state index contributed by atoms with van der Waals surface area (Å²) in [6, 6.07) is 10.5. The quantitative estimate of drug-likeness (QED) is 0.845. The Hall–Kier alpha value is -2.21. The summed E-state index contributed by atoms with van der Waals surface area (Å²) in [5.41, 5.74) is 1.05. The average molecular weight is 379 g/mol. The van der Waals surface area contributed by atoms with E-state index in [0.29, 0.717) is 15.7 Å². The summed E-state index contributed by atoms with van der Waals surface area (Å²) in [7, 11) is 0. The van der Waals surface area contributed by atoms with Gasteiger partial charge in [0, 0.05) is 10.5 Å². The molecule has 4 nitrogen and oxygen atoms in total. The summed E-state index contributed by atoms with van der Waals surface area (Å²) in [6.45, 7) is 3.71. The Bertz CT molecular complexity index is 747. The molecule has 23 heavy (non-hydrogen) atoms. The lowest BCUT2D eigenvalue weighted by Crippen LogP contribution is -2.31. The summed E-state index contributed by atoms with van der Waals surface area (Å²) < 4.78 is 13.5. The third-order valence-corrected chi connectivity index (χ3v) is 3.67. The SMILES string of the molecule is CC(C)NC(=O)c1ccccc1NC(=O)c1ccc(F)cc1Br. The van der Waals surface area contributed by atoms with Gasteiger partial charge in [-0.15, -0.1) is 0 Å². The van der Waals surface area contributed by atoms with Crippen LogP contribution in [0.5, 0.6) is 0 Å². The van der Waals surface area contributed by atoms with Gasteiger partial charge in [-0.2, -0.15) is 0 Å². The number of hydrogen-bond acceptors (Lipinski definition) is 2. The lowest BCUT2D eigenvalue weighted by Gasteiger charge is -2.13. The summed E-state index contributed by atoms with van der Waals surface area (Å²) in [6.07, 6.45) is 0. The zero-order valence-electron chi connectivity index (χ0n) is 12.7. The van der Waals surface area contributed by atoms with E-state index in [4.69, 9.17) is 0 Å². The van der Waals surface area contributed by atoms with Gasteiger partial charge in [0.05, 0.1) is 16.8 Å². The van der Waals surface area contributed by atoms with Gasteiger partial charge in [-0.1, -0.05) is 12.1 Å². The fraction of sp³-hybridized carbons (Fsp3) is 0.176. The maximum Gasteiger partial charge on any atom is 0.256 e. The van der Waals surface area contributed by atoms with Gasteiger partial charge >= 0.3 is 0 Å². The van der Waals surface area contributed by atoms with Gasteiger partial charge < -0.3 is 10.6 Å². The van der Waals surface area contributed by atoms with Crippen molar-refractivity contribution in [1.82, 2.24) is 5.32 Å². The van der Waals surface area contributed by atoms with E-state index in [1.807, 2.05) is 13.8 Å². The number of benzene rings is 2. The Kier molecular flexibility index (Phi) is 5.50. The predicted molar refractivity (Wildman–Crippen MR) is 91.1 cm³/mol. The van der Waals surface area contributed by atoms with E-state index in [-0.39, 0.29) is 17.5 Å². The van der Waals surface area contributed by atoms with Gasteiger partial charge in [0.2, 0.25) is 0 Å². The number of hydrogen-bond donors (Lipinski definition) is 2. The van der Waals surface area contributed by atoms with Crippen LogP contribution >= 0.6 is 15.9 Å². The van der Waals surface area contributed by atoms with E-state index in [1.54, 1.807) is 24.3 Å². The number of halogens is 2. The van der Waals surface area contributed by atoms with Gasteiger partial charge in [0.1, 0.15) is 5.82 Å². The molecular formula is C17H16BrFN2O2. The van der Waals surface area contributed by atoms with E-state index >= 15 is 0 Å². The van der Waals surface area contributed by atoms with Gasteiger partial charge in [0.15, 0.2) is 0 Å². The molecule has 0 aromatic heterocycles. The molecule has 120 valence electrons. The van der Waals surface area contributed by atoms with Crippen LogP contribution in [0.4, 0.5) is 10.1 Å². The molecule has 2 N–H and O–H groups in total. The molecular weight excluding hydrogens is 363 g/mol. The van der Waals surface area contributed by atoms with E-state index in [1.165, 1.54) is 18.2 Å². The van der Waals surface area contributed by atoms with Crippen molar-refractivity contribution in [2.24, 2.45) is 0 Å². The summed E-state index contributed by atoms with van der Waals surface area (Å²) in [5, 5.41) is 5.47. The molecule has 0 unspecified atom stereocenters. The molecule has 2 rings (SSSR count). The van der Waals surface area contributed by atoms with Crippen molar-refractivity contribution < 1.29 is 14.0 Å². The molecule has 2 amide bonds. The monoisotopic (exact) mass is 378 g/mol. The standard InChI is InChI=1S/C17H16BrFN2O2/c1-10(2)20-17(23)13-5-3-4-6-15(13)21-16(22)12-8-7-11(19)9-14(12)18/h3-10H,1-2H3,(H,20,23)(H,21,22). The second kappa shape index (κ2) is 7.37. The summed E-state index contributed by atoms with van der Waals surface area (Å²) in [5.74, 6) is -1.14. The third kappa shape index (κ3) is 4.39. The first-order valence-electron chi connectivity index (χ1n) is 7.04. The molecule has 2 aromatic rings. The minimum absolute atomic E-state index is 0.0162. The molecule has 0 spiro atoms. The topological polar surface area (TPSA) is 58.2 Å². The highest BCUT2D eigenvalue weighted by atomic mass is 79.9. The van der Waals surface area contributed by atoms with E-state index in [9.17, 15) is 14.0 Å². The maximum atomic E-state index is 13.1. The van der Waals surface area contributed by atoms with Crippen molar-refractivity contribution in [3.63, 3.8) is 0 Å². The van der Waals surface area contributed by atoms with Crippen molar-refractivity contribution in [2.75, 3.05) is 5.32 Å². The number of rotatable bonds is 4. The highest BCUT2D eigenvalue weighted by Crippen LogP contribution is 2.21. The van der Waals surface area contributed by atoms with Gasteiger partial charge in [-0.05, 0) is 60.1 Å². The second-order valence-electron chi connectivity index (χ2n) is 5.25. The van der Waals surface area contributed by atoms with Crippen LogP contribution in [0, 0.1) is 5.82 Å². The van der Waals surface area contributed by atoms with Crippen molar-refractivity contribution >= 4 is 33.4 Å². The average Bonchev–Trinajstić information content (AvgIpc) is 2.46. The van der Waals surface area contributed by atoms with E-state index in [2.05, 4.69) is 26.6 Å². The van der Waals surface area contributed by atoms with Crippen LogP contribution in [0.3, 0.4) is 0 Å². The molecule has 2 aromatic carbocycles. The molecule has 0 atom stereocenters. The summed E-state index contributed by atoms with van der Waals surface area (Å²) >= 11 is 3.16. The van der Waals surface area contributed by atoms with Crippen LogP contribution in [0.1, 0.15) is 34.6 Å². The highest BCUT2D eigenvalue weighted by molar-refractivity contribution is 9.10. The highest BCUT2D eigenvalue weighted by Gasteiger charge is 2.16. The zero-order valence-corrected chi connectivity index (χ0v) is 14.3. The number of carbonyl (C=O) groups is 2. The molecule has 0 saturated carbocycles. The summed E-state index contributed by atoms with van der Waals surface area (Å²) in [4.78, 5) is 24.5. The minimum Gasteiger partial charge on any atom is -0.350 e. The molecule has 0 fully saturated rings. The Morgan fingerprint density at radius 2 is 1.74 bits per heavy atom. The van der Waals surface area contributed by atoms with Crippen LogP contribution in [0.25, 0.3) is 0 Å². The van der Waals surface area contributed by atoms with E-state index < -0.39 is 11.7 Å². The fourth-order valence-electron chi connectivity index (χ4n) is 1.99. The van der Waals surface area contributed by atoms with Crippen molar-refractivity contribution in [3.05, 3.63) is 63.9 Å². The Balaban J connectivity index is 2.26. The van der Waals surface area contributed by atoms with Gasteiger partial charge in [-0.25, -0.2) is 4.39 Å². The Morgan fingerprint density at radius 1 is 1.04 bits per heavy atom. The smallest absolute Gasteiger partial charge is 0.256 e. The number of anilines is 1. The Labute approximate surface area is 142 Å². The zero-order chi connectivity index (χ0) is 17.0. The molecule has 0 bridgehead atoms. The van der Waals surface area contributed by atoms with Crippen molar-refractivity contribution in [1.29, 1.82) is 0 Å². The first kappa shape index (κ1) is 17.1. The third-order valence-electron chi connectivity index (χ3n) is 3.02. The normalized spacial score (nSPS) is 10.5. The van der Waals surface area contributed by atoms with Crippen LogP contribution < -0.4 is 10.6 Å². The lowest BCUT2D eigenvalue weighted by molar-refractivity contribution is 0.0944. The number of carbonyl (C=O) groups excluding carboxylic acids is 2. The van der Waals surface area contributed by atoms with Crippen molar-refractivity contribution in [3.8, 4) is 0 Å². The molecule has 0 radical (unpaired) electrons. The maximum absolute atomic E-state index is 13.1. The number of amides is 2. The molecule has 0 heterocycles. The fourth-order valence-corrected chi connectivity index (χ4v) is 2.52. The van der Waals surface area contributed by atoms with Crippen LogP contribution in [0.2, 0.25) is 0 Å². The Morgan fingerprint density at radius 3 is 2.39 bits per heavy atom. The van der Waals surface area contributed by atoms with Crippen LogP contribution in [-0.4, -0.2) is 17.9 Å².